The average molecular weight is 264 g/mol. The van der Waals surface area contributed by atoms with Gasteiger partial charge >= 0.3 is 0 Å². The molecule has 0 bridgehead atoms. The van der Waals surface area contributed by atoms with Crippen LogP contribution in [-0.2, 0) is 9.59 Å². The molecular formula is C13H20N4O2. The fourth-order valence-electron chi connectivity index (χ4n) is 2.39. The number of H-pyrrole nitrogens is 1. The first-order valence-corrected chi connectivity index (χ1v) is 6.62. The van der Waals surface area contributed by atoms with Crippen LogP contribution in [0.2, 0.25) is 0 Å². The number of aromatic amines is 1. The molecule has 0 spiro atoms. The first-order chi connectivity index (χ1) is 9.08. The lowest BCUT2D eigenvalue weighted by Crippen LogP contribution is -2.45. The highest BCUT2D eigenvalue weighted by Gasteiger charge is 2.27. The molecule has 1 saturated heterocycles. The van der Waals surface area contributed by atoms with Gasteiger partial charge in [0.15, 0.2) is 0 Å². The Morgan fingerprint density at radius 1 is 1.58 bits per heavy atom. The molecule has 2 amide bonds. The minimum atomic E-state index is -0.105. The van der Waals surface area contributed by atoms with Crippen molar-refractivity contribution in [2.24, 2.45) is 5.92 Å². The number of nitrogens with zero attached hydrogens (tertiary/aromatic N) is 2. The van der Waals surface area contributed by atoms with E-state index in [0.717, 1.165) is 24.9 Å². The Bertz CT molecular complexity index is 444. The molecule has 0 aromatic carbocycles. The minimum Gasteiger partial charge on any atom is -0.349 e. The van der Waals surface area contributed by atoms with E-state index in [2.05, 4.69) is 15.5 Å². The Morgan fingerprint density at radius 2 is 2.37 bits per heavy atom. The van der Waals surface area contributed by atoms with Gasteiger partial charge in [-0.25, -0.2) is 0 Å². The molecule has 1 aromatic heterocycles. The number of likely N-dealkylation sites (tertiary alicyclic amines) is 1. The van der Waals surface area contributed by atoms with E-state index in [1.54, 1.807) is 24.2 Å². The molecule has 1 aliphatic heterocycles. The quantitative estimate of drug-likeness (QED) is 0.849. The van der Waals surface area contributed by atoms with E-state index in [0.29, 0.717) is 6.54 Å². The second-order valence-electron chi connectivity index (χ2n) is 5.07. The monoisotopic (exact) mass is 264 g/mol. The van der Waals surface area contributed by atoms with Crippen molar-refractivity contribution < 1.29 is 9.59 Å². The van der Waals surface area contributed by atoms with Crippen molar-refractivity contribution in [2.45, 2.75) is 32.7 Å². The van der Waals surface area contributed by atoms with Gasteiger partial charge in [0, 0.05) is 31.8 Å². The molecule has 2 unspecified atom stereocenters. The van der Waals surface area contributed by atoms with Gasteiger partial charge in [0.05, 0.1) is 18.2 Å². The molecule has 6 heteroatoms. The molecular weight excluding hydrogens is 244 g/mol. The van der Waals surface area contributed by atoms with Gasteiger partial charge in [-0.3, -0.25) is 14.7 Å². The van der Waals surface area contributed by atoms with Crippen molar-refractivity contribution in [1.82, 2.24) is 20.4 Å². The summed E-state index contributed by atoms with van der Waals surface area (Å²) in [6.07, 6.45) is 5.20. The summed E-state index contributed by atoms with van der Waals surface area (Å²) < 4.78 is 0. The van der Waals surface area contributed by atoms with Gasteiger partial charge in [-0.15, -0.1) is 0 Å². The number of piperidine rings is 1. The summed E-state index contributed by atoms with van der Waals surface area (Å²) in [5.41, 5.74) is 0.951. The summed E-state index contributed by atoms with van der Waals surface area (Å²) in [6.45, 7) is 4.76. The summed E-state index contributed by atoms with van der Waals surface area (Å²) in [4.78, 5) is 25.3. The van der Waals surface area contributed by atoms with Crippen molar-refractivity contribution in [3.63, 3.8) is 0 Å². The van der Waals surface area contributed by atoms with Gasteiger partial charge in [0.1, 0.15) is 0 Å². The SMILES string of the molecule is CC(=O)N1CCCC(C(=O)NC(C)c2cn[nH]c2)C1. The van der Waals surface area contributed by atoms with Crippen molar-refractivity contribution in [3.8, 4) is 0 Å². The Morgan fingerprint density at radius 3 is 3.00 bits per heavy atom. The lowest BCUT2D eigenvalue weighted by atomic mass is 9.96. The van der Waals surface area contributed by atoms with E-state index in [4.69, 9.17) is 0 Å². The molecule has 1 fully saturated rings. The molecule has 0 radical (unpaired) electrons. The Kier molecular flexibility index (Phi) is 4.19. The molecule has 2 heterocycles. The zero-order valence-electron chi connectivity index (χ0n) is 11.3. The van der Waals surface area contributed by atoms with E-state index in [-0.39, 0.29) is 23.8 Å². The lowest BCUT2D eigenvalue weighted by molar-refractivity contribution is -0.134. The number of hydrogen-bond acceptors (Lipinski definition) is 3. The summed E-state index contributed by atoms with van der Waals surface area (Å²) in [5, 5.41) is 9.57. The van der Waals surface area contributed by atoms with Gasteiger partial charge in [-0.1, -0.05) is 0 Å². The topological polar surface area (TPSA) is 78.1 Å². The van der Waals surface area contributed by atoms with Gasteiger partial charge < -0.3 is 10.2 Å². The normalized spacial score (nSPS) is 20.9. The molecule has 1 aliphatic rings. The first-order valence-electron chi connectivity index (χ1n) is 6.62. The minimum absolute atomic E-state index is 0.0136. The second-order valence-corrected chi connectivity index (χ2v) is 5.07. The predicted molar refractivity (Wildman–Crippen MR) is 70.1 cm³/mol. The molecule has 0 saturated carbocycles. The number of amides is 2. The second kappa shape index (κ2) is 5.86. The molecule has 0 aliphatic carbocycles. The van der Waals surface area contributed by atoms with Crippen LogP contribution in [0.5, 0.6) is 0 Å². The highest BCUT2D eigenvalue weighted by molar-refractivity contribution is 5.81. The first kappa shape index (κ1) is 13.6. The van der Waals surface area contributed by atoms with Crippen LogP contribution in [0.3, 0.4) is 0 Å². The van der Waals surface area contributed by atoms with Crippen LogP contribution >= 0.6 is 0 Å². The van der Waals surface area contributed by atoms with Gasteiger partial charge in [-0.2, -0.15) is 5.10 Å². The van der Waals surface area contributed by atoms with Gasteiger partial charge in [0.25, 0.3) is 0 Å². The third kappa shape index (κ3) is 3.33. The van der Waals surface area contributed by atoms with Crippen LogP contribution in [0, 0.1) is 5.92 Å². The summed E-state index contributed by atoms with van der Waals surface area (Å²) in [6, 6.07) is -0.0704. The van der Waals surface area contributed by atoms with Gasteiger partial charge in [-0.05, 0) is 19.8 Å². The highest BCUT2D eigenvalue weighted by Crippen LogP contribution is 2.18. The van der Waals surface area contributed by atoms with Crippen LogP contribution in [0.15, 0.2) is 12.4 Å². The fraction of sp³-hybridized carbons (Fsp3) is 0.615. The molecule has 104 valence electrons. The Hall–Kier alpha value is -1.85. The third-order valence-electron chi connectivity index (χ3n) is 3.62. The van der Waals surface area contributed by atoms with E-state index >= 15 is 0 Å². The van der Waals surface area contributed by atoms with Crippen LogP contribution in [-0.4, -0.2) is 40.0 Å². The van der Waals surface area contributed by atoms with Crippen LogP contribution in [0.25, 0.3) is 0 Å². The maximum Gasteiger partial charge on any atom is 0.225 e. The van der Waals surface area contributed by atoms with E-state index in [1.807, 2.05) is 6.92 Å². The number of carbonyl (C=O) groups excluding carboxylic acids is 2. The zero-order valence-corrected chi connectivity index (χ0v) is 11.3. The van der Waals surface area contributed by atoms with E-state index in [9.17, 15) is 9.59 Å². The average Bonchev–Trinajstić information content (AvgIpc) is 2.92. The van der Waals surface area contributed by atoms with Crippen LogP contribution in [0.1, 0.15) is 38.3 Å². The third-order valence-corrected chi connectivity index (χ3v) is 3.62. The van der Waals surface area contributed by atoms with Crippen molar-refractivity contribution in [3.05, 3.63) is 18.0 Å². The molecule has 1 aromatic rings. The van der Waals surface area contributed by atoms with Crippen molar-refractivity contribution in [2.75, 3.05) is 13.1 Å². The predicted octanol–water partition coefficient (Wildman–Crippen LogP) is 0.845. The largest absolute Gasteiger partial charge is 0.349 e. The number of hydrogen-bond donors (Lipinski definition) is 2. The molecule has 6 nitrogen and oxygen atoms in total. The molecule has 2 rings (SSSR count). The Labute approximate surface area is 112 Å². The van der Waals surface area contributed by atoms with E-state index < -0.39 is 0 Å². The molecule has 2 atom stereocenters. The van der Waals surface area contributed by atoms with Crippen LogP contribution in [0.4, 0.5) is 0 Å². The zero-order chi connectivity index (χ0) is 13.8. The van der Waals surface area contributed by atoms with E-state index in [1.165, 1.54) is 0 Å². The van der Waals surface area contributed by atoms with Crippen LogP contribution < -0.4 is 5.32 Å². The fourth-order valence-corrected chi connectivity index (χ4v) is 2.39. The number of rotatable bonds is 3. The van der Waals surface area contributed by atoms with Gasteiger partial charge in [0.2, 0.25) is 11.8 Å². The molecule has 2 N–H and O–H groups in total. The van der Waals surface area contributed by atoms with Crippen molar-refractivity contribution in [1.29, 1.82) is 0 Å². The smallest absolute Gasteiger partial charge is 0.225 e. The van der Waals surface area contributed by atoms with Crippen molar-refractivity contribution >= 4 is 11.8 Å². The maximum absolute atomic E-state index is 12.2. The highest BCUT2D eigenvalue weighted by atomic mass is 16.2. The number of nitrogens with one attached hydrogen (secondary N) is 2. The standard InChI is InChI=1S/C13H20N4O2/c1-9(12-6-14-15-7-12)16-13(19)11-4-3-5-17(8-11)10(2)18/h6-7,9,11H,3-5,8H2,1-2H3,(H,14,15)(H,16,19). The Balaban J connectivity index is 1.91. The summed E-state index contributed by atoms with van der Waals surface area (Å²) in [5.74, 6) is -0.0490. The number of carbonyl (C=O) groups is 2. The molecule has 19 heavy (non-hydrogen) atoms. The maximum atomic E-state index is 12.2. The number of aromatic nitrogens is 2. The summed E-state index contributed by atoms with van der Waals surface area (Å²) in [7, 11) is 0. The lowest BCUT2D eigenvalue weighted by Gasteiger charge is -2.31. The summed E-state index contributed by atoms with van der Waals surface area (Å²) >= 11 is 0.